The molecule has 0 unspecified atom stereocenters. The van der Waals surface area contributed by atoms with E-state index in [0.717, 1.165) is 18.8 Å². The second kappa shape index (κ2) is 28.7. The molecule has 0 aromatic heterocycles. The molecule has 34 heavy (non-hydrogen) atoms. The van der Waals surface area contributed by atoms with Gasteiger partial charge in [0.05, 0.1) is 6.61 Å². The van der Waals surface area contributed by atoms with E-state index in [-0.39, 0.29) is 5.97 Å². The zero-order valence-electron chi connectivity index (χ0n) is 24.0. The Hall–Kier alpha value is -0.530. The van der Waals surface area contributed by atoms with Gasteiger partial charge in [-0.15, -0.1) is 0 Å². The first kappa shape index (κ1) is 33.5. The number of esters is 1. The number of carbonyl (C=O) groups is 1. The van der Waals surface area contributed by atoms with Crippen LogP contribution in [0, 0.1) is 5.92 Å². The summed E-state index contributed by atoms with van der Waals surface area (Å²) >= 11 is 0. The van der Waals surface area contributed by atoms with Crippen LogP contribution in [0.4, 0.5) is 0 Å². The lowest BCUT2D eigenvalue weighted by molar-refractivity contribution is -0.143. The highest BCUT2D eigenvalue weighted by Gasteiger charge is 2.02. The summed E-state index contributed by atoms with van der Waals surface area (Å²) in [5.74, 6) is 0.902. The van der Waals surface area contributed by atoms with Gasteiger partial charge in [-0.3, -0.25) is 4.79 Å². The number of rotatable bonds is 28. The van der Waals surface area contributed by atoms with E-state index < -0.39 is 0 Å². The molecular formula is C32H64O2. The van der Waals surface area contributed by atoms with Gasteiger partial charge in [-0.25, -0.2) is 0 Å². The van der Waals surface area contributed by atoms with Gasteiger partial charge < -0.3 is 4.74 Å². The third kappa shape index (κ3) is 29.5. The molecule has 0 amide bonds. The summed E-state index contributed by atoms with van der Waals surface area (Å²) < 4.78 is 5.38. The summed E-state index contributed by atoms with van der Waals surface area (Å²) in [6, 6.07) is 0. The van der Waals surface area contributed by atoms with E-state index in [0.29, 0.717) is 13.0 Å². The van der Waals surface area contributed by atoms with Crippen molar-refractivity contribution in [3.63, 3.8) is 0 Å². The average Bonchev–Trinajstić information content (AvgIpc) is 2.82. The summed E-state index contributed by atoms with van der Waals surface area (Å²) in [6.07, 6.45) is 34.3. The first-order chi connectivity index (χ1) is 16.7. The van der Waals surface area contributed by atoms with E-state index in [1.165, 1.54) is 148 Å². The normalized spacial score (nSPS) is 11.4. The molecule has 0 aliphatic carbocycles. The third-order valence-electron chi connectivity index (χ3n) is 7.17. The first-order valence-electron chi connectivity index (χ1n) is 15.8. The van der Waals surface area contributed by atoms with Gasteiger partial charge in [0.25, 0.3) is 0 Å². The molecule has 204 valence electrons. The monoisotopic (exact) mass is 480 g/mol. The molecule has 0 fully saturated rings. The van der Waals surface area contributed by atoms with Gasteiger partial charge >= 0.3 is 5.97 Å². The maximum absolute atomic E-state index is 11.8. The van der Waals surface area contributed by atoms with Crippen molar-refractivity contribution in [2.45, 2.75) is 188 Å². The van der Waals surface area contributed by atoms with Gasteiger partial charge in [-0.05, 0) is 18.8 Å². The number of carbonyl (C=O) groups excluding carboxylic acids is 1. The van der Waals surface area contributed by atoms with E-state index in [1.54, 1.807) is 0 Å². The van der Waals surface area contributed by atoms with Crippen molar-refractivity contribution in [1.82, 2.24) is 0 Å². The smallest absolute Gasteiger partial charge is 0.305 e. The molecule has 0 aromatic carbocycles. The maximum Gasteiger partial charge on any atom is 0.305 e. The zero-order valence-corrected chi connectivity index (χ0v) is 24.0. The topological polar surface area (TPSA) is 26.3 Å². The Morgan fingerprint density at radius 3 is 1.26 bits per heavy atom. The van der Waals surface area contributed by atoms with Crippen LogP contribution in [0.25, 0.3) is 0 Å². The van der Waals surface area contributed by atoms with Crippen molar-refractivity contribution >= 4 is 5.97 Å². The van der Waals surface area contributed by atoms with Gasteiger partial charge in [0.15, 0.2) is 0 Å². The van der Waals surface area contributed by atoms with Crippen molar-refractivity contribution < 1.29 is 9.53 Å². The van der Waals surface area contributed by atoms with Crippen LogP contribution in [-0.4, -0.2) is 12.6 Å². The molecule has 0 spiro atoms. The van der Waals surface area contributed by atoms with Crippen molar-refractivity contribution in [3.8, 4) is 0 Å². The van der Waals surface area contributed by atoms with Crippen LogP contribution in [0.3, 0.4) is 0 Å². The lowest BCUT2D eigenvalue weighted by Gasteiger charge is -2.06. The summed E-state index contributed by atoms with van der Waals surface area (Å²) in [6.45, 7) is 7.56. The van der Waals surface area contributed by atoms with Crippen LogP contribution >= 0.6 is 0 Å². The molecule has 0 aromatic rings. The van der Waals surface area contributed by atoms with E-state index in [2.05, 4.69) is 20.8 Å². The van der Waals surface area contributed by atoms with Gasteiger partial charge in [-0.1, -0.05) is 168 Å². The highest BCUT2D eigenvalue weighted by molar-refractivity contribution is 5.69. The highest BCUT2D eigenvalue weighted by atomic mass is 16.5. The van der Waals surface area contributed by atoms with E-state index in [9.17, 15) is 4.79 Å². The van der Waals surface area contributed by atoms with E-state index >= 15 is 0 Å². The fourth-order valence-corrected chi connectivity index (χ4v) is 4.79. The summed E-state index contributed by atoms with van der Waals surface area (Å²) in [7, 11) is 0. The zero-order chi connectivity index (χ0) is 25.0. The Morgan fingerprint density at radius 2 is 0.853 bits per heavy atom. The Balaban J connectivity index is 3.13. The fourth-order valence-electron chi connectivity index (χ4n) is 4.79. The lowest BCUT2D eigenvalue weighted by atomic mass is 10.0. The molecule has 2 nitrogen and oxygen atoms in total. The van der Waals surface area contributed by atoms with Gasteiger partial charge in [-0.2, -0.15) is 0 Å². The average molecular weight is 481 g/mol. The molecule has 0 N–H and O–H groups in total. The number of ether oxygens (including phenoxy) is 1. The Labute approximate surface area is 215 Å². The SMILES string of the molecule is CCCCCCCCCCOC(=O)CCCCCCCCCCCCCCCCCCC(C)C. The van der Waals surface area contributed by atoms with Crippen molar-refractivity contribution in [2.75, 3.05) is 6.61 Å². The maximum atomic E-state index is 11.8. The van der Waals surface area contributed by atoms with Crippen LogP contribution in [0.15, 0.2) is 0 Å². The minimum Gasteiger partial charge on any atom is -0.466 e. The lowest BCUT2D eigenvalue weighted by Crippen LogP contribution is -2.05. The molecule has 0 atom stereocenters. The second-order valence-electron chi connectivity index (χ2n) is 11.3. The standard InChI is InChI=1S/C32H64O2/c1-4-5-6-7-8-21-24-27-30-34-32(33)29-26-23-20-18-16-14-12-10-9-11-13-15-17-19-22-25-28-31(2)3/h31H,4-30H2,1-3H3. The van der Waals surface area contributed by atoms with Crippen molar-refractivity contribution in [3.05, 3.63) is 0 Å². The van der Waals surface area contributed by atoms with Gasteiger partial charge in [0, 0.05) is 6.42 Å². The third-order valence-corrected chi connectivity index (χ3v) is 7.17. The number of hydrogen-bond donors (Lipinski definition) is 0. The number of unbranched alkanes of at least 4 members (excludes halogenated alkanes) is 22. The molecule has 0 radical (unpaired) electrons. The largest absolute Gasteiger partial charge is 0.466 e. The Bertz CT molecular complexity index is 390. The second-order valence-corrected chi connectivity index (χ2v) is 11.3. The molecule has 0 bridgehead atoms. The molecule has 0 aliphatic heterocycles. The van der Waals surface area contributed by atoms with Crippen LogP contribution in [0.5, 0.6) is 0 Å². The summed E-state index contributed by atoms with van der Waals surface area (Å²) in [5.41, 5.74) is 0. The minimum atomic E-state index is 0.0223. The van der Waals surface area contributed by atoms with Crippen LogP contribution in [0.1, 0.15) is 188 Å². The van der Waals surface area contributed by atoms with Crippen LogP contribution < -0.4 is 0 Å². The highest BCUT2D eigenvalue weighted by Crippen LogP contribution is 2.15. The molecule has 0 rings (SSSR count). The molecule has 2 heteroatoms. The van der Waals surface area contributed by atoms with E-state index in [1.807, 2.05) is 0 Å². The van der Waals surface area contributed by atoms with Gasteiger partial charge in [0.1, 0.15) is 0 Å². The predicted molar refractivity (Wildman–Crippen MR) is 152 cm³/mol. The fraction of sp³-hybridized carbons (Fsp3) is 0.969. The molecule has 0 aliphatic rings. The van der Waals surface area contributed by atoms with Crippen LogP contribution in [-0.2, 0) is 9.53 Å². The van der Waals surface area contributed by atoms with Gasteiger partial charge in [0.2, 0.25) is 0 Å². The quantitative estimate of drug-likeness (QED) is 0.0821. The Kier molecular flexibility index (Phi) is 28.3. The Morgan fingerprint density at radius 1 is 0.500 bits per heavy atom. The summed E-state index contributed by atoms with van der Waals surface area (Å²) in [5, 5.41) is 0. The first-order valence-corrected chi connectivity index (χ1v) is 15.8. The molecule has 0 saturated carbocycles. The minimum absolute atomic E-state index is 0.0223. The predicted octanol–water partition coefficient (Wildman–Crippen LogP) is 11.3. The summed E-state index contributed by atoms with van der Waals surface area (Å²) in [4.78, 5) is 11.8. The van der Waals surface area contributed by atoms with Crippen LogP contribution in [0.2, 0.25) is 0 Å². The van der Waals surface area contributed by atoms with E-state index in [4.69, 9.17) is 4.74 Å². The molecule has 0 saturated heterocycles. The molecular weight excluding hydrogens is 416 g/mol. The molecule has 0 heterocycles. The number of hydrogen-bond acceptors (Lipinski definition) is 2. The van der Waals surface area contributed by atoms with Crippen molar-refractivity contribution in [2.24, 2.45) is 5.92 Å². The van der Waals surface area contributed by atoms with Crippen molar-refractivity contribution in [1.29, 1.82) is 0 Å².